The first-order valence-corrected chi connectivity index (χ1v) is 6.19. The summed E-state index contributed by atoms with van der Waals surface area (Å²) in [4.78, 5) is 4.17. The first kappa shape index (κ1) is 8.99. The van der Waals surface area contributed by atoms with E-state index in [1.54, 1.807) is 6.92 Å². The van der Waals surface area contributed by atoms with E-state index >= 15 is 0 Å². The van der Waals surface area contributed by atoms with E-state index < -0.39 is 14.6 Å². The Morgan fingerprint density at radius 1 is 1.54 bits per heavy atom. The molecule has 2 aliphatic rings. The summed E-state index contributed by atoms with van der Waals surface area (Å²) < 4.78 is 22.9. The van der Waals surface area contributed by atoms with Crippen molar-refractivity contribution < 1.29 is 8.42 Å². The van der Waals surface area contributed by atoms with Crippen LogP contribution in [0.3, 0.4) is 0 Å². The zero-order chi connectivity index (χ0) is 9.69. The van der Waals surface area contributed by atoms with Crippen molar-refractivity contribution in [2.24, 2.45) is 10.7 Å². The van der Waals surface area contributed by atoms with Crippen LogP contribution >= 0.6 is 0 Å². The number of hydrogen-bond donors (Lipinski definition) is 1. The molecule has 13 heavy (non-hydrogen) atoms. The van der Waals surface area contributed by atoms with Gasteiger partial charge in [-0.15, -0.1) is 0 Å². The molecule has 0 aromatic heterocycles. The standard InChI is InChI=1S/C8H14N2O2S/c1-6-5-13(11,12)8(3-2-4-8)7(9)10-6/h6H,2-5H2,1H3,(H2,9,10). The lowest BCUT2D eigenvalue weighted by molar-refractivity contribution is 0.409. The maximum absolute atomic E-state index is 11.8. The highest BCUT2D eigenvalue weighted by atomic mass is 32.2. The van der Waals surface area contributed by atoms with Crippen molar-refractivity contribution in [2.45, 2.75) is 37.0 Å². The maximum atomic E-state index is 11.8. The summed E-state index contributed by atoms with van der Waals surface area (Å²) in [6.07, 6.45) is 2.28. The van der Waals surface area contributed by atoms with E-state index in [1.165, 1.54) is 0 Å². The molecule has 4 nitrogen and oxygen atoms in total. The fourth-order valence-corrected chi connectivity index (χ4v) is 4.40. The molecule has 1 aliphatic carbocycles. The number of aliphatic imine (C=N–C) groups is 1. The first-order chi connectivity index (χ1) is 5.98. The molecule has 1 unspecified atom stereocenters. The Balaban J connectivity index is 2.50. The van der Waals surface area contributed by atoms with Crippen LogP contribution in [-0.2, 0) is 9.84 Å². The molecule has 2 N–H and O–H groups in total. The third kappa shape index (κ3) is 1.03. The van der Waals surface area contributed by atoms with E-state index in [2.05, 4.69) is 4.99 Å². The molecule has 0 bridgehead atoms. The molecule has 1 aliphatic heterocycles. The van der Waals surface area contributed by atoms with E-state index in [1.807, 2.05) is 0 Å². The van der Waals surface area contributed by atoms with Gasteiger partial charge in [0.1, 0.15) is 10.6 Å². The van der Waals surface area contributed by atoms with Crippen molar-refractivity contribution in [2.75, 3.05) is 5.75 Å². The predicted molar refractivity (Wildman–Crippen MR) is 51.5 cm³/mol. The average molecular weight is 202 g/mol. The van der Waals surface area contributed by atoms with E-state index in [0.29, 0.717) is 18.7 Å². The topological polar surface area (TPSA) is 72.5 Å². The van der Waals surface area contributed by atoms with Gasteiger partial charge in [0.15, 0.2) is 9.84 Å². The first-order valence-electron chi connectivity index (χ1n) is 4.54. The van der Waals surface area contributed by atoms with Crippen molar-refractivity contribution in [3.05, 3.63) is 0 Å². The Bertz CT molecular complexity index is 354. The molecule has 0 saturated heterocycles. The third-order valence-corrected chi connectivity index (χ3v) is 5.77. The molecule has 1 spiro atoms. The molecular formula is C8H14N2O2S. The molecular weight excluding hydrogens is 188 g/mol. The van der Waals surface area contributed by atoms with Crippen molar-refractivity contribution in [3.8, 4) is 0 Å². The van der Waals surface area contributed by atoms with Gasteiger partial charge >= 0.3 is 0 Å². The molecule has 74 valence electrons. The zero-order valence-corrected chi connectivity index (χ0v) is 8.47. The minimum absolute atomic E-state index is 0.160. The highest BCUT2D eigenvalue weighted by molar-refractivity contribution is 7.93. The van der Waals surface area contributed by atoms with Gasteiger partial charge in [0, 0.05) is 0 Å². The quantitative estimate of drug-likeness (QED) is 0.604. The van der Waals surface area contributed by atoms with Crippen LogP contribution in [0.15, 0.2) is 4.99 Å². The van der Waals surface area contributed by atoms with Gasteiger partial charge in [0.25, 0.3) is 0 Å². The summed E-state index contributed by atoms with van der Waals surface area (Å²) in [5, 5.41) is 0. The second-order valence-electron chi connectivity index (χ2n) is 3.99. The summed E-state index contributed by atoms with van der Waals surface area (Å²) in [7, 11) is -3.04. The summed E-state index contributed by atoms with van der Waals surface area (Å²) in [6.45, 7) is 1.79. The van der Waals surface area contributed by atoms with Crippen LogP contribution in [0.2, 0.25) is 0 Å². The van der Waals surface area contributed by atoms with Crippen molar-refractivity contribution in [1.29, 1.82) is 0 Å². The predicted octanol–water partition coefficient (Wildman–Crippen LogP) is 0.0832. The SMILES string of the molecule is CC1CS(=O)(=O)C2(CCC2)C(N)=N1. The second-order valence-corrected chi connectivity index (χ2v) is 6.34. The molecule has 1 atom stereocenters. The van der Waals surface area contributed by atoms with Crippen LogP contribution in [0.25, 0.3) is 0 Å². The van der Waals surface area contributed by atoms with Gasteiger partial charge in [0.2, 0.25) is 0 Å². The average Bonchev–Trinajstić information content (AvgIpc) is 1.76. The van der Waals surface area contributed by atoms with Gasteiger partial charge in [0.05, 0.1) is 11.8 Å². The summed E-state index contributed by atoms with van der Waals surface area (Å²) >= 11 is 0. The Hall–Kier alpha value is -0.580. The highest BCUT2D eigenvalue weighted by Gasteiger charge is 2.54. The number of sulfone groups is 1. The van der Waals surface area contributed by atoms with Gasteiger partial charge in [-0.2, -0.15) is 0 Å². The van der Waals surface area contributed by atoms with Gasteiger partial charge in [-0.05, 0) is 26.2 Å². The molecule has 2 rings (SSSR count). The number of nitrogens with two attached hydrogens (primary N) is 1. The minimum Gasteiger partial charge on any atom is -0.386 e. The summed E-state index contributed by atoms with van der Waals surface area (Å²) in [5.74, 6) is 0.505. The van der Waals surface area contributed by atoms with Crippen LogP contribution in [-0.4, -0.2) is 30.8 Å². The van der Waals surface area contributed by atoms with Crippen molar-refractivity contribution in [3.63, 3.8) is 0 Å². The van der Waals surface area contributed by atoms with Crippen molar-refractivity contribution in [1.82, 2.24) is 0 Å². The molecule has 1 heterocycles. The monoisotopic (exact) mass is 202 g/mol. The normalized spacial score (nSPS) is 35.2. The molecule has 0 radical (unpaired) electrons. The number of amidine groups is 1. The molecule has 0 amide bonds. The lowest BCUT2D eigenvalue weighted by Gasteiger charge is -2.43. The van der Waals surface area contributed by atoms with E-state index in [-0.39, 0.29) is 11.8 Å². The molecule has 1 saturated carbocycles. The van der Waals surface area contributed by atoms with Gasteiger partial charge in [-0.25, -0.2) is 8.42 Å². The Labute approximate surface area is 78.1 Å². The lowest BCUT2D eigenvalue weighted by atomic mass is 9.83. The van der Waals surface area contributed by atoms with E-state index in [9.17, 15) is 8.42 Å². The van der Waals surface area contributed by atoms with Gasteiger partial charge in [-0.1, -0.05) is 0 Å². The second kappa shape index (κ2) is 2.47. The summed E-state index contributed by atoms with van der Waals surface area (Å²) in [6, 6.07) is -0.170. The minimum atomic E-state index is -3.04. The van der Waals surface area contributed by atoms with Crippen LogP contribution < -0.4 is 5.73 Å². The molecule has 0 aromatic carbocycles. The van der Waals surface area contributed by atoms with Gasteiger partial charge in [-0.3, -0.25) is 4.99 Å². The fourth-order valence-electron chi connectivity index (χ4n) is 2.09. The number of nitrogens with zero attached hydrogens (tertiary/aromatic N) is 1. The Morgan fingerprint density at radius 2 is 2.15 bits per heavy atom. The van der Waals surface area contributed by atoms with Crippen LogP contribution in [0.5, 0.6) is 0 Å². The third-order valence-electron chi connectivity index (χ3n) is 3.04. The van der Waals surface area contributed by atoms with Crippen LogP contribution in [0.1, 0.15) is 26.2 Å². The molecule has 5 heteroatoms. The van der Waals surface area contributed by atoms with Crippen molar-refractivity contribution >= 4 is 15.7 Å². The number of hydrogen-bond acceptors (Lipinski definition) is 4. The Kier molecular flexibility index (Phi) is 1.71. The lowest BCUT2D eigenvalue weighted by Crippen LogP contribution is -2.59. The smallest absolute Gasteiger partial charge is 0.165 e. The Morgan fingerprint density at radius 3 is 2.54 bits per heavy atom. The molecule has 1 fully saturated rings. The van der Waals surface area contributed by atoms with Crippen LogP contribution in [0, 0.1) is 0 Å². The molecule has 0 aromatic rings. The van der Waals surface area contributed by atoms with E-state index in [4.69, 9.17) is 5.73 Å². The van der Waals surface area contributed by atoms with Crippen LogP contribution in [0.4, 0.5) is 0 Å². The highest BCUT2D eigenvalue weighted by Crippen LogP contribution is 2.42. The maximum Gasteiger partial charge on any atom is 0.165 e. The van der Waals surface area contributed by atoms with Gasteiger partial charge < -0.3 is 5.73 Å². The number of rotatable bonds is 0. The summed E-state index contributed by atoms with van der Waals surface area (Å²) in [5.41, 5.74) is 5.71. The fraction of sp³-hybridized carbons (Fsp3) is 0.875. The van der Waals surface area contributed by atoms with E-state index in [0.717, 1.165) is 6.42 Å². The zero-order valence-electron chi connectivity index (χ0n) is 7.66. The largest absolute Gasteiger partial charge is 0.386 e.